The maximum atomic E-state index is 13.3. The third kappa shape index (κ3) is 3.07. The van der Waals surface area contributed by atoms with Crippen molar-refractivity contribution in [2.45, 2.75) is 33.0 Å². The van der Waals surface area contributed by atoms with Gasteiger partial charge in [-0.25, -0.2) is 0 Å². The van der Waals surface area contributed by atoms with Gasteiger partial charge in [0.2, 0.25) is 6.79 Å². The zero-order chi connectivity index (χ0) is 20.7. The first-order valence-corrected chi connectivity index (χ1v) is 10.3. The quantitative estimate of drug-likeness (QED) is 0.651. The molecule has 0 spiro atoms. The van der Waals surface area contributed by atoms with Crippen LogP contribution in [0.2, 0.25) is 0 Å². The molecule has 1 unspecified atom stereocenters. The predicted octanol–water partition coefficient (Wildman–Crippen LogP) is 5.05. The van der Waals surface area contributed by atoms with Crippen LogP contribution in [0.15, 0.2) is 60.7 Å². The first-order chi connectivity index (χ1) is 14.7. The molecule has 2 aliphatic heterocycles. The number of aryl methyl sites for hydroxylation is 2. The molecule has 0 aromatic heterocycles. The lowest BCUT2D eigenvalue weighted by Crippen LogP contribution is -2.32. The Kier molecular flexibility index (Phi) is 4.58. The Morgan fingerprint density at radius 2 is 1.87 bits per heavy atom. The number of hydrogen-bond donors (Lipinski definition) is 1. The molecule has 0 bridgehead atoms. The minimum atomic E-state index is -0.231. The van der Waals surface area contributed by atoms with E-state index in [4.69, 9.17) is 9.47 Å². The minimum Gasteiger partial charge on any atom is -0.454 e. The Hall–Kier alpha value is -3.47. The molecule has 1 atom stereocenters. The van der Waals surface area contributed by atoms with Crippen LogP contribution in [0, 0.1) is 6.92 Å². The van der Waals surface area contributed by atoms with Crippen LogP contribution in [0.25, 0.3) is 0 Å². The van der Waals surface area contributed by atoms with Gasteiger partial charge in [-0.3, -0.25) is 4.79 Å². The summed E-state index contributed by atoms with van der Waals surface area (Å²) in [6, 6.07) is 20.0. The number of carbonyl (C=O) groups is 1. The second-order valence-electron chi connectivity index (χ2n) is 7.72. The van der Waals surface area contributed by atoms with Gasteiger partial charge in [-0.2, -0.15) is 0 Å². The number of fused-ring (bicyclic) bond motifs is 2. The van der Waals surface area contributed by atoms with Crippen LogP contribution in [-0.4, -0.2) is 17.6 Å². The van der Waals surface area contributed by atoms with Crippen molar-refractivity contribution in [2.24, 2.45) is 0 Å². The van der Waals surface area contributed by atoms with Crippen LogP contribution in [0.5, 0.6) is 11.5 Å². The summed E-state index contributed by atoms with van der Waals surface area (Å²) < 4.78 is 10.9. The molecule has 0 fully saturated rings. The maximum Gasteiger partial charge on any atom is 0.256 e. The lowest BCUT2D eigenvalue weighted by molar-refractivity contribution is 0.0728. The van der Waals surface area contributed by atoms with Crippen molar-refractivity contribution in [3.8, 4) is 11.5 Å². The van der Waals surface area contributed by atoms with E-state index >= 15 is 0 Å². The standard InChI is InChI=1S/C25H24N2O3/c1-3-18-8-6-7-16(2)23(18)26-24-19-9-4-5-10-20(19)25(28)27(24)14-17-11-12-21-22(13-17)30-15-29-21/h4-13,24,26H,3,14-15H2,1-2H3. The molecule has 2 heterocycles. The average molecular weight is 400 g/mol. The molecular weight excluding hydrogens is 376 g/mol. The molecule has 3 aromatic rings. The van der Waals surface area contributed by atoms with Crippen LogP contribution in [0.4, 0.5) is 5.69 Å². The third-order valence-corrected chi connectivity index (χ3v) is 5.87. The van der Waals surface area contributed by atoms with Crippen molar-refractivity contribution in [1.29, 1.82) is 0 Å². The summed E-state index contributed by atoms with van der Waals surface area (Å²) in [5.41, 5.74) is 6.29. The number of hydrogen-bond acceptors (Lipinski definition) is 4. The fraction of sp³-hybridized carbons (Fsp3) is 0.240. The van der Waals surface area contributed by atoms with Crippen molar-refractivity contribution < 1.29 is 14.3 Å². The number of benzene rings is 3. The smallest absolute Gasteiger partial charge is 0.256 e. The molecule has 1 amide bonds. The number of anilines is 1. The summed E-state index contributed by atoms with van der Waals surface area (Å²) in [5.74, 6) is 1.51. The Balaban J connectivity index is 1.52. The van der Waals surface area contributed by atoms with E-state index in [-0.39, 0.29) is 18.9 Å². The summed E-state index contributed by atoms with van der Waals surface area (Å²) >= 11 is 0. The number of ether oxygens (including phenoxy) is 2. The molecule has 152 valence electrons. The monoisotopic (exact) mass is 400 g/mol. The van der Waals surface area contributed by atoms with E-state index in [2.05, 4.69) is 37.4 Å². The van der Waals surface area contributed by atoms with Crippen molar-refractivity contribution in [3.63, 3.8) is 0 Å². The Bertz CT molecular complexity index is 1130. The zero-order valence-electron chi connectivity index (χ0n) is 17.1. The van der Waals surface area contributed by atoms with Gasteiger partial charge in [0.15, 0.2) is 11.5 Å². The summed E-state index contributed by atoms with van der Waals surface area (Å²) in [6.45, 7) is 4.98. The van der Waals surface area contributed by atoms with Gasteiger partial charge in [0, 0.05) is 23.4 Å². The Morgan fingerprint density at radius 3 is 2.73 bits per heavy atom. The fourth-order valence-electron chi connectivity index (χ4n) is 4.29. The minimum absolute atomic E-state index is 0.0346. The van der Waals surface area contributed by atoms with E-state index < -0.39 is 0 Å². The molecule has 0 saturated heterocycles. The number of carbonyl (C=O) groups excluding carboxylic acids is 1. The molecule has 2 aliphatic rings. The molecule has 0 saturated carbocycles. The van der Waals surface area contributed by atoms with E-state index in [1.54, 1.807) is 0 Å². The van der Waals surface area contributed by atoms with Gasteiger partial charge >= 0.3 is 0 Å². The number of amides is 1. The Morgan fingerprint density at radius 1 is 1.03 bits per heavy atom. The van der Waals surface area contributed by atoms with Gasteiger partial charge in [-0.15, -0.1) is 0 Å². The molecule has 1 N–H and O–H groups in total. The SMILES string of the molecule is CCc1cccc(C)c1NC1c2ccccc2C(=O)N1Cc1ccc2c(c1)OCO2. The van der Waals surface area contributed by atoms with Gasteiger partial charge in [-0.05, 0) is 48.2 Å². The van der Waals surface area contributed by atoms with Gasteiger partial charge in [-0.1, -0.05) is 49.4 Å². The molecule has 30 heavy (non-hydrogen) atoms. The van der Waals surface area contributed by atoms with Crippen LogP contribution < -0.4 is 14.8 Å². The van der Waals surface area contributed by atoms with Crippen LogP contribution in [-0.2, 0) is 13.0 Å². The van der Waals surface area contributed by atoms with Gasteiger partial charge in [0.05, 0.1) is 0 Å². The summed E-state index contributed by atoms with van der Waals surface area (Å²) in [6.07, 6.45) is 0.694. The molecule has 5 nitrogen and oxygen atoms in total. The first-order valence-electron chi connectivity index (χ1n) is 10.3. The van der Waals surface area contributed by atoms with Gasteiger partial charge < -0.3 is 19.7 Å². The molecule has 5 heteroatoms. The number of nitrogens with zero attached hydrogens (tertiary/aromatic N) is 1. The van der Waals surface area contributed by atoms with Crippen molar-refractivity contribution in [3.05, 3.63) is 88.5 Å². The largest absolute Gasteiger partial charge is 0.454 e. The zero-order valence-corrected chi connectivity index (χ0v) is 17.1. The van der Waals surface area contributed by atoms with E-state index in [0.29, 0.717) is 6.54 Å². The molecule has 0 aliphatic carbocycles. The van der Waals surface area contributed by atoms with Crippen LogP contribution >= 0.6 is 0 Å². The molecule has 5 rings (SSSR count). The topological polar surface area (TPSA) is 50.8 Å². The molecular formula is C25H24N2O3. The Labute approximate surface area is 176 Å². The van der Waals surface area contributed by atoms with Crippen molar-refractivity contribution >= 4 is 11.6 Å². The second kappa shape index (κ2) is 7.41. The summed E-state index contributed by atoms with van der Waals surface area (Å²) in [4.78, 5) is 15.2. The highest BCUT2D eigenvalue weighted by atomic mass is 16.7. The predicted molar refractivity (Wildman–Crippen MR) is 116 cm³/mol. The highest BCUT2D eigenvalue weighted by molar-refractivity contribution is 5.99. The first kappa shape index (κ1) is 18.6. The normalized spacial score (nSPS) is 16.7. The molecule has 0 radical (unpaired) electrons. The lowest BCUT2D eigenvalue weighted by atomic mass is 10.0. The average Bonchev–Trinajstić information content (AvgIpc) is 3.33. The lowest BCUT2D eigenvalue weighted by Gasteiger charge is -2.29. The number of para-hydroxylation sites is 1. The highest BCUT2D eigenvalue weighted by Crippen LogP contribution is 2.38. The summed E-state index contributed by atoms with van der Waals surface area (Å²) in [7, 11) is 0. The van der Waals surface area contributed by atoms with Gasteiger partial charge in [0.25, 0.3) is 5.91 Å². The van der Waals surface area contributed by atoms with E-state index in [9.17, 15) is 4.79 Å². The third-order valence-electron chi connectivity index (χ3n) is 5.87. The molecule has 3 aromatic carbocycles. The van der Waals surface area contributed by atoms with E-state index in [1.807, 2.05) is 47.4 Å². The van der Waals surface area contributed by atoms with E-state index in [0.717, 1.165) is 40.3 Å². The van der Waals surface area contributed by atoms with E-state index in [1.165, 1.54) is 11.1 Å². The summed E-state index contributed by atoms with van der Waals surface area (Å²) in [5, 5.41) is 3.69. The van der Waals surface area contributed by atoms with Crippen LogP contribution in [0.1, 0.15) is 45.7 Å². The number of nitrogens with one attached hydrogen (secondary N) is 1. The van der Waals surface area contributed by atoms with Crippen LogP contribution in [0.3, 0.4) is 0 Å². The number of rotatable bonds is 5. The highest BCUT2D eigenvalue weighted by Gasteiger charge is 2.37. The fourth-order valence-corrected chi connectivity index (χ4v) is 4.29. The van der Waals surface area contributed by atoms with Crippen molar-refractivity contribution in [1.82, 2.24) is 4.90 Å². The second-order valence-corrected chi connectivity index (χ2v) is 7.72. The van der Waals surface area contributed by atoms with Gasteiger partial charge in [0.1, 0.15) is 6.17 Å². The maximum absolute atomic E-state index is 13.3. The van der Waals surface area contributed by atoms with Crippen molar-refractivity contribution in [2.75, 3.05) is 12.1 Å².